The first kappa shape index (κ1) is 20.8. The van der Waals surface area contributed by atoms with Gasteiger partial charge < -0.3 is 9.80 Å². The number of anilines is 2. The van der Waals surface area contributed by atoms with Crippen LogP contribution in [-0.4, -0.2) is 35.7 Å². The summed E-state index contributed by atoms with van der Waals surface area (Å²) in [7, 11) is 0. The number of alkyl halides is 3. The van der Waals surface area contributed by atoms with Gasteiger partial charge in [-0.25, -0.2) is 4.79 Å². The van der Waals surface area contributed by atoms with Gasteiger partial charge in [0.2, 0.25) is 0 Å². The molecule has 1 aliphatic heterocycles. The van der Waals surface area contributed by atoms with E-state index < -0.39 is 23.0 Å². The van der Waals surface area contributed by atoms with Crippen molar-refractivity contribution in [1.82, 2.24) is 9.55 Å². The van der Waals surface area contributed by atoms with E-state index in [1.807, 2.05) is 40.1 Å². The predicted molar refractivity (Wildman–Crippen MR) is 113 cm³/mol. The van der Waals surface area contributed by atoms with E-state index in [-0.39, 0.29) is 6.54 Å². The molecule has 0 aliphatic carbocycles. The summed E-state index contributed by atoms with van der Waals surface area (Å²) in [5.74, 6) is 0.419. The highest BCUT2D eigenvalue weighted by molar-refractivity contribution is 5.51. The summed E-state index contributed by atoms with van der Waals surface area (Å²) >= 11 is 0. The lowest BCUT2D eigenvalue weighted by molar-refractivity contribution is -0.137. The Kier molecular flexibility index (Phi) is 5.58. The van der Waals surface area contributed by atoms with Gasteiger partial charge in [0, 0.05) is 37.9 Å². The molecular formula is C22H21F3N4O2. The monoisotopic (exact) mass is 430 g/mol. The summed E-state index contributed by atoms with van der Waals surface area (Å²) in [5.41, 5.74) is -0.229. The molecule has 31 heavy (non-hydrogen) atoms. The Morgan fingerprint density at radius 2 is 1.52 bits per heavy atom. The quantitative estimate of drug-likeness (QED) is 0.692. The van der Waals surface area contributed by atoms with Gasteiger partial charge in [-0.05, 0) is 23.8 Å². The van der Waals surface area contributed by atoms with Gasteiger partial charge in [0.15, 0.2) is 0 Å². The highest BCUT2D eigenvalue weighted by Crippen LogP contribution is 2.32. The van der Waals surface area contributed by atoms with E-state index in [0.717, 1.165) is 22.3 Å². The van der Waals surface area contributed by atoms with Crippen molar-refractivity contribution < 1.29 is 13.2 Å². The molecule has 3 aromatic rings. The van der Waals surface area contributed by atoms with Gasteiger partial charge in [-0.1, -0.05) is 36.4 Å². The van der Waals surface area contributed by atoms with Crippen LogP contribution in [-0.2, 0) is 12.7 Å². The Labute approximate surface area is 176 Å². The van der Waals surface area contributed by atoms with Crippen LogP contribution in [0, 0.1) is 0 Å². The second-order valence-electron chi connectivity index (χ2n) is 7.39. The van der Waals surface area contributed by atoms with Crippen LogP contribution in [0.15, 0.2) is 70.3 Å². The summed E-state index contributed by atoms with van der Waals surface area (Å²) < 4.78 is 40.1. The molecule has 0 atom stereocenters. The Balaban J connectivity index is 1.47. The number of rotatable bonds is 4. The minimum absolute atomic E-state index is 0.179. The normalized spacial score (nSPS) is 14.7. The molecule has 0 saturated carbocycles. The first-order valence-corrected chi connectivity index (χ1v) is 9.86. The van der Waals surface area contributed by atoms with E-state index in [2.05, 4.69) is 4.98 Å². The number of H-pyrrole nitrogens is 1. The van der Waals surface area contributed by atoms with Gasteiger partial charge in [-0.2, -0.15) is 13.2 Å². The average molecular weight is 430 g/mol. The van der Waals surface area contributed by atoms with E-state index in [1.165, 1.54) is 12.1 Å². The summed E-state index contributed by atoms with van der Waals surface area (Å²) in [6, 6.07) is 15.9. The third-order valence-electron chi connectivity index (χ3n) is 5.35. The maximum absolute atomic E-state index is 13.0. The molecule has 0 amide bonds. The van der Waals surface area contributed by atoms with Crippen molar-refractivity contribution in [2.45, 2.75) is 12.7 Å². The van der Waals surface area contributed by atoms with Crippen LogP contribution < -0.4 is 21.0 Å². The summed E-state index contributed by atoms with van der Waals surface area (Å²) in [6.07, 6.45) is -4.39. The molecule has 0 radical (unpaired) electrons. The average Bonchev–Trinajstić information content (AvgIpc) is 2.76. The van der Waals surface area contributed by atoms with E-state index in [9.17, 15) is 22.8 Å². The van der Waals surface area contributed by atoms with Crippen LogP contribution in [0.3, 0.4) is 0 Å². The van der Waals surface area contributed by atoms with Crippen LogP contribution >= 0.6 is 0 Å². The van der Waals surface area contributed by atoms with Crippen molar-refractivity contribution in [2.24, 2.45) is 0 Å². The smallest absolute Gasteiger partial charge is 0.368 e. The molecular weight excluding hydrogens is 409 g/mol. The molecule has 4 rings (SSSR count). The molecule has 0 bridgehead atoms. The van der Waals surface area contributed by atoms with Crippen LogP contribution in [0.4, 0.5) is 24.7 Å². The summed E-state index contributed by atoms with van der Waals surface area (Å²) in [5, 5.41) is 0. The Hall–Kier alpha value is -3.49. The molecule has 9 heteroatoms. The molecule has 162 valence electrons. The Morgan fingerprint density at radius 1 is 0.839 bits per heavy atom. The van der Waals surface area contributed by atoms with Crippen molar-refractivity contribution in [3.63, 3.8) is 0 Å². The topological polar surface area (TPSA) is 61.3 Å². The molecule has 0 spiro atoms. The van der Waals surface area contributed by atoms with Crippen LogP contribution in [0.5, 0.6) is 0 Å². The molecule has 1 N–H and O–H groups in total. The number of piperazine rings is 1. The second-order valence-corrected chi connectivity index (χ2v) is 7.39. The van der Waals surface area contributed by atoms with Crippen molar-refractivity contribution in [2.75, 3.05) is 36.0 Å². The minimum atomic E-state index is -4.39. The van der Waals surface area contributed by atoms with Crippen LogP contribution in [0.2, 0.25) is 0 Å². The lowest BCUT2D eigenvalue weighted by Gasteiger charge is -2.37. The molecule has 1 aliphatic rings. The lowest BCUT2D eigenvalue weighted by atomic mass is 10.1. The zero-order valence-electron chi connectivity index (χ0n) is 16.6. The Bertz CT molecular complexity index is 1130. The third-order valence-corrected chi connectivity index (χ3v) is 5.35. The molecule has 0 unspecified atom stereocenters. The highest BCUT2D eigenvalue weighted by atomic mass is 19.4. The molecule has 1 saturated heterocycles. The first-order chi connectivity index (χ1) is 14.8. The van der Waals surface area contributed by atoms with Crippen LogP contribution in [0.1, 0.15) is 11.1 Å². The maximum atomic E-state index is 13.0. The minimum Gasteiger partial charge on any atom is -0.368 e. The van der Waals surface area contributed by atoms with Crippen molar-refractivity contribution in [3.8, 4) is 0 Å². The SMILES string of the molecule is O=c1cc(N2CCN(c3cccc(C(F)(F)F)c3)CC2)[nH]c(=O)n1Cc1ccccc1. The molecule has 2 aromatic carbocycles. The number of hydrogen-bond donors (Lipinski definition) is 1. The largest absolute Gasteiger partial charge is 0.416 e. The fourth-order valence-corrected chi connectivity index (χ4v) is 3.68. The Morgan fingerprint density at radius 3 is 2.16 bits per heavy atom. The van der Waals surface area contributed by atoms with Gasteiger partial charge in [0.05, 0.1) is 12.1 Å². The van der Waals surface area contributed by atoms with Gasteiger partial charge >= 0.3 is 11.9 Å². The second kappa shape index (κ2) is 8.33. The van der Waals surface area contributed by atoms with Gasteiger partial charge in [-0.15, -0.1) is 0 Å². The van der Waals surface area contributed by atoms with Crippen molar-refractivity contribution >= 4 is 11.5 Å². The maximum Gasteiger partial charge on any atom is 0.416 e. The molecule has 1 fully saturated rings. The van der Waals surface area contributed by atoms with E-state index in [1.54, 1.807) is 6.07 Å². The third kappa shape index (κ3) is 4.65. The fourth-order valence-electron chi connectivity index (χ4n) is 3.68. The summed E-state index contributed by atoms with van der Waals surface area (Å²) in [6.45, 7) is 2.05. The number of halogens is 3. The molecule has 1 aromatic heterocycles. The van der Waals surface area contributed by atoms with E-state index in [0.29, 0.717) is 37.7 Å². The van der Waals surface area contributed by atoms with Gasteiger partial charge in [0.25, 0.3) is 5.56 Å². The van der Waals surface area contributed by atoms with Crippen molar-refractivity contribution in [3.05, 3.63) is 92.6 Å². The van der Waals surface area contributed by atoms with Crippen LogP contribution in [0.25, 0.3) is 0 Å². The van der Waals surface area contributed by atoms with Crippen molar-refractivity contribution in [1.29, 1.82) is 0 Å². The number of nitrogens with one attached hydrogen (secondary N) is 1. The summed E-state index contributed by atoms with van der Waals surface area (Å²) in [4.78, 5) is 31.5. The number of hydrogen-bond acceptors (Lipinski definition) is 4. The highest BCUT2D eigenvalue weighted by Gasteiger charge is 2.31. The standard InChI is InChI=1S/C22H21F3N4O2/c23-22(24,25)17-7-4-8-18(13-17)27-9-11-28(12-10-27)19-14-20(30)29(21(31)26-19)15-16-5-2-1-3-6-16/h1-8,13-14H,9-12,15H2,(H,26,31). The lowest BCUT2D eigenvalue weighted by Crippen LogP contribution is -2.48. The number of aromatic amines is 1. The fraction of sp³-hybridized carbons (Fsp3) is 0.273. The molecule has 2 heterocycles. The first-order valence-electron chi connectivity index (χ1n) is 9.86. The number of nitrogens with zero attached hydrogens (tertiary/aromatic N) is 3. The van der Waals surface area contributed by atoms with Gasteiger partial charge in [0.1, 0.15) is 5.82 Å². The predicted octanol–water partition coefficient (Wildman–Crippen LogP) is 2.93. The van der Waals surface area contributed by atoms with E-state index in [4.69, 9.17) is 0 Å². The molecule has 6 nitrogen and oxygen atoms in total. The number of aromatic nitrogens is 2. The zero-order chi connectivity index (χ0) is 22.0. The number of benzene rings is 2. The zero-order valence-corrected chi connectivity index (χ0v) is 16.6. The van der Waals surface area contributed by atoms with E-state index >= 15 is 0 Å². The van der Waals surface area contributed by atoms with Gasteiger partial charge in [-0.3, -0.25) is 14.3 Å².